The molecular formula is C18H11ClF2N4O. The van der Waals surface area contributed by atoms with Crippen LogP contribution >= 0.6 is 11.6 Å². The van der Waals surface area contributed by atoms with Gasteiger partial charge in [-0.15, -0.1) is 0 Å². The number of fused-ring (bicyclic) bond motifs is 1. The van der Waals surface area contributed by atoms with Crippen LogP contribution in [0.3, 0.4) is 0 Å². The standard InChI is InChI=1S/C18H11ClF2N4O/c1-26-11-5-12(10-2-3-25-17(4-10)23-9-24-25)18(22-8-11)13-6-14(19)16(21)7-15(13)20/h2-9H,1H3. The zero-order valence-corrected chi connectivity index (χ0v) is 14.2. The molecular weight excluding hydrogens is 362 g/mol. The van der Waals surface area contributed by atoms with E-state index in [0.717, 1.165) is 11.6 Å². The quantitative estimate of drug-likeness (QED) is 0.500. The first-order chi connectivity index (χ1) is 12.6. The van der Waals surface area contributed by atoms with Crippen molar-refractivity contribution in [2.24, 2.45) is 0 Å². The number of halogens is 3. The van der Waals surface area contributed by atoms with E-state index in [-0.39, 0.29) is 10.6 Å². The van der Waals surface area contributed by atoms with Gasteiger partial charge >= 0.3 is 0 Å². The van der Waals surface area contributed by atoms with Gasteiger partial charge in [0.2, 0.25) is 0 Å². The van der Waals surface area contributed by atoms with Crippen molar-refractivity contribution in [1.82, 2.24) is 19.6 Å². The van der Waals surface area contributed by atoms with Crippen LogP contribution in [-0.4, -0.2) is 26.7 Å². The predicted molar refractivity (Wildman–Crippen MR) is 93.1 cm³/mol. The Hall–Kier alpha value is -3.06. The van der Waals surface area contributed by atoms with Crippen LogP contribution in [0, 0.1) is 11.6 Å². The molecule has 0 saturated carbocycles. The second-order valence-electron chi connectivity index (χ2n) is 5.50. The van der Waals surface area contributed by atoms with Crippen molar-refractivity contribution in [3.8, 4) is 28.1 Å². The third-order valence-electron chi connectivity index (χ3n) is 3.96. The fraction of sp³-hybridized carbons (Fsp3) is 0.0556. The first-order valence-electron chi connectivity index (χ1n) is 7.55. The second kappa shape index (κ2) is 6.34. The first kappa shape index (κ1) is 16.4. The largest absolute Gasteiger partial charge is 0.495 e. The van der Waals surface area contributed by atoms with Gasteiger partial charge in [-0.2, -0.15) is 5.10 Å². The number of pyridine rings is 2. The van der Waals surface area contributed by atoms with E-state index in [1.54, 1.807) is 28.9 Å². The number of hydrogen-bond donors (Lipinski definition) is 0. The van der Waals surface area contributed by atoms with Gasteiger partial charge in [-0.1, -0.05) is 11.6 Å². The average molecular weight is 373 g/mol. The van der Waals surface area contributed by atoms with E-state index in [1.165, 1.54) is 25.7 Å². The number of ether oxygens (including phenoxy) is 1. The lowest BCUT2D eigenvalue weighted by Crippen LogP contribution is -1.96. The molecule has 4 aromatic rings. The normalized spacial score (nSPS) is 11.1. The molecule has 0 atom stereocenters. The summed E-state index contributed by atoms with van der Waals surface area (Å²) in [4.78, 5) is 8.46. The lowest BCUT2D eigenvalue weighted by molar-refractivity contribution is 0.413. The van der Waals surface area contributed by atoms with Crippen molar-refractivity contribution in [2.75, 3.05) is 7.11 Å². The summed E-state index contributed by atoms with van der Waals surface area (Å²) in [6.45, 7) is 0. The Bertz CT molecular complexity index is 1130. The van der Waals surface area contributed by atoms with E-state index in [2.05, 4.69) is 15.1 Å². The highest BCUT2D eigenvalue weighted by molar-refractivity contribution is 6.31. The summed E-state index contributed by atoms with van der Waals surface area (Å²) < 4.78 is 34.8. The van der Waals surface area contributed by atoms with Gasteiger partial charge in [0, 0.05) is 23.4 Å². The fourth-order valence-electron chi connectivity index (χ4n) is 2.68. The molecule has 4 rings (SSSR count). The Labute approximate surface area is 151 Å². The zero-order valence-electron chi connectivity index (χ0n) is 13.4. The molecule has 3 heterocycles. The molecule has 26 heavy (non-hydrogen) atoms. The molecule has 0 saturated heterocycles. The van der Waals surface area contributed by atoms with Crippen molar-refractivity contribution in [3.05, 3.63) is 65.7 Å². The lowest BCUT2D eigenvalue weighted by Gasteiger charge is -2.12. The molecule has 0 amide bonds. The summed E-state index contributed by atoms with van der Waals surface area (Å²) in [5.74, 6) is -1.08. The van der Waals surface area contributed by atoms with Gasteiger partial charge in [0.05, 0.1) is 24.0 Å². The number of hydrogen-bond acceptors (Lipinski definition) is 4. The SMILES string of the molecule is COc1cnc(-c2cc(Cl)c(F)cc2F)c(-c2ccn3ncnc3c2)c1. The molecule has 0 unspecified atom stereocenters. The van der Waals surface area contributed by atoms with Gasteiger partial charge in [-0.05, 0) is 29.8 Å². The van der Waals surface area contributed by atoms with Crippen LogP contribution in [0.1, 0.15) is 0 Å². The first-order valence-corrected chi connectivity index (χ1v) is 7.93. The minimum Gasteiger partial charge on any atom is -0.495 e. The van der Waals surface area contributed by atoms with Crippen LogP contribution in [-0.2, 0) is 0 Å². The number of methoxy groups -OCH3 is 1. The van der Waals surface area contributed by atoms with Gasteiger partial charge < -0.3 is 4.74 Å². The molecule has 0 radical (unpaired) electrons. The van der Waals surface area contributed by atoms with Crippen LogP contribution in [0.4, 0.5) is 8.78 Å². The van der Waals surface area contributed by atoms with Gasteiger partial charge in [0.25, 0.3) is 0 Å². The highest BCUT2D eigenvalue weighted by atomic mass is 35.5. The molecule has 0 N–H and O–H groups in total. The van der Waals surface area contributed by atoms with Gasteiger partial charge in [-0.3, -0.25) is 4.98 Å². The molecule has 130 valence electrons. The Morgan fingerprint density at radius 1 is 1.04 bits per heavy atom. The van der Waals surface area contributed by atoms with Gasteiger partial charge in [0.1, 0.15) is 23.7 Å². The third kappa shape index (κ3) is 2.76. The number of rotatable bonds is 3. The minimum absolute atomic E-state index is 0.0930. The summed E-state index contributed by atoms with van der Waals surface area (Å²) in [5, 5.41) is 3.87. The number of nitrogens with zero attached hydrogens (tertiary/aromatic N) is 4. The maximum atomic E-state index is 14.4. The van der Waals surface area contributed by atoms with Crippen LogP contribution in [0.25, 0.3) is 28.0 Å². The van der Waals surface area contributed by atoms with Crippen LogP contribution in [0.5, 0.6) is 5.75 Å². The molecule has 3 aromatic heterocycles. The summed E-state index contributed by atoms with van der Waals surface area (Å²) in [6, 6.07) is 7.27. The molecule has 0 aliphatic carbocycles. The van der Waals surface area contributed by atoms with E-state index in [0.29, 0.717) is 22.7 Å². The highest BCUT2D eigenvalue weighted by Gasteiger charge is 2.17. The third-order valence-corrected chi connectivity index (χ3v) is 4.24. The van der Waals surface area contributed by atoms with E-state index in [4.69, 9.17) is 16.3 Å². The van der Waals surface area contributed by atoms with Crippen molar-refractivity contribution >= 4 is 17.2 Å². The Balaban J connectivity index is 1.97. The van der Waals surface area contributed by atoms with Gasteiger partial charge in [0.15, 0.2) is 5.65 Å². The van der Waals surface area contributed by atoms with E-state index >= 15 is 0 Å². The molecule has 0 bridgehead atoms. The van der Waals surface area contributed by atoms with E-state index in [9.17, 15) is 8.78 Å². The van der Waals surface area contributed by atoms with E-state index in [1.807, 2.05) is 0 Å². The smallest absolute Gasteiger partial charge is 0.155 e. The van der Waals surface area contributed by atoms with E-state index < -0.39 is 11.6 Å². The van der Waals surface area contributed by atoms with Crippen molar-refractivity contribution in [2.45, 2.75) is 0 Å². The molecule has 1 aromatic carbocycles. The number of aromatic nitrogens is 4. The monoisotopic (exact) mass is 372 g/mol. The van der Waals surface area contributed by atoms with Crippen molar-refractivity contribution in [3.63, 3.8) is 0 Å². The Morgan fingerprint density at radius 3 is 2.69 bits per heavy atom. The van der Waals surface area contributed by atoms with Crippen molar-refractivity contribution in [1.29, 1.82) is 0 Å². The fourth-order valence-corrected chi connectivity index (χ4v) is 2.84. The molecule has 0 aliphatic heterocycles. The van der Waals surface area contributed by atoms with Crippen LogP contribution < -0.4 is 4.74 Å². The average Bonchev–Trinajstić information content (AvgIpc) is 3.12. The van der Waals surface area contributed by atoms with Crippen LogP contribution in [0.15, 0.2) is 49.1 Å². The Morgan fingerprint density at radius 2 is 1.88 bits per heavy atom. The molecule has 0 aliphatic rings. The molecule has 0 spiro atoms. The number of benzene rings is 1. The molecule has 0 fully saturated rings. The molecule has 8 heteroatoms. The second-order valence-corrected chi connectivity index (χ2v) is 5.90. The molecule has 5 nitrogen and oxygen atoms in total. The van der Waals surface area contributed by atoms with Gasteiger partial charge in [-0.25, -0.2) is 18.3 Å². The topological polar surface area (TPSA) is 52.3 Å². The summed E-state index contributed by atoms with van der Waals surface area (Å²) >= 11 is 5.84. The Kier molecular flexibility index (Phi) is 4.00. The maximum Gasteiger partial charge on any atom is 0.155 e. The highest BCUT2D eigenvalue weighted by Crippen LogP contribution is 2.36. The van der Waals surface area contributed by atoms with Crippen LogP contribution in [0.2, 0.25) is 5.02 Å². The zero-order chi connectivity index (χ0) is 18.3. The van der Waals surface area contributed by atoms with Crippen molar-refractivity contribution < 1.29 is 13.5 Å². The summed E-state index contributed by atoms with van der Waals surface area (Å²) in [5.41, 5.74) is 2.35. The lowest BCUT2D eigenvalue weighted by atomic mass is 9.99. The predicted octanol–water partition coefficient (Wildman–Crippen LogP) is 4.40. The maximum absolute atomic E-state index is 14.4. The minimum atomic E-state index is -0.826. The summed E-state index contributed by atoms with van der Waals surface area (Å²) in [6.07, 6.45) is 4.63. The summed E-state index contributed by atoms with van der Waals surface area (Å²) in [7, 11) is 1.51.